The van der Waals surface area contributed by atoms with Crippen LogP contribution in [0.4, 0.5) is 5.69 Å². The topological polar surface area (TPSA) is 84.2 Å². The van der Waals surface area contributed by atoms with Gasteiger partial charge in [0.2, 0.25) is 10.9 Å². The fourth-order valence-electron chi connectivity index (χ4n) is 2.87. The quantitative estimate of drug-likeness (QED) is 0.373. The summed E-state index contributed by atoms with van der Waals surface area (Å²) in [5, 5.41) is 19.6. The van der Waals surface area contributed by atoms with Gasteiger partial charge in [0.05, 0.1) is 0 Å². The number of anilines is 1. The summed E-state index contributed by atoms with van der Waals surface area (Å²) in [5.41, 5.74) is 3.67. The molecule has 4 aromatic rings. The largest absolute Gasteiger partial charge is 0.332 e. The molecule has 0 atom stereocenters. The van der Waals surface area contributed by atoms with Gasteiger partial charge in [-0.2, -0.15) is 9.61 Å². The van der Waals surface area contributed by atoms with E-state index in [2.05, 4.69) is 25.9 Å². The van der Waals surface area contributed by atoms with Gasteiger partial charge in [-0.15, -0.1) is 10.2 Å². The second-order valence-electron chi connectivity index (χ2n) is 6.51. The van der Waals surface area contributed by atoms with Crippen LogP contribution in [0.5, 0.6) is 0 Å². The molecule has 2 N–H and O–H groups in total. The van der Waals surface area contributed by atoms with Crippen LogP contribution >= 0.6 is 23.6 Å². The maximum Gasteiger partial charge on any atom is 0.250 e. The summed E-state index contributed by atoms with van der Waals surface area (Å²) >= 11 is 6.77. The summed E-state index contributed by atoms with van der Waals surface area (Å²) in [7, 11) is 0. The van der Waals surface area contributed by atoms with Crippen molar-refractivity contribution < 1.29 is 4.79 Å². The predicted molar refractivity (Wildman–Crippen MR) is 123 cm³/mol. The van der Waals surface area contributed by atoms with E-state index in [1.807, 2.05) is 62.4 Å². The van der Waals surface area contributed by atoms with Crippen molar-refractivity contribution >= 4 is 51.3 Å². The van der Waals surface area contributed by atoms with Gasteiger partial charge in [-0.1, -0.05) is 53.8 Å². The molecule has 0 aliphatic rings. The van der Waals surface area contributed by atoms with Gasteiger partial charge in [0.25, 0.3) is 0 Å². The van der Waals surface area contributed by atoms with E-state index in [9.17, 15) is 4.79 Å². The molecule has 0 radical (unpaired) electrons. The number of benzene rings is 2. The summed E-state index contributed by atoms with van der Waals surface area (Å²) in [4.78, 5) is 12.9. The van der Waals surface area contributed by atoms with Gasteiger partial charge in [0, 0.05) is 17.3 Å². The number of carbonyl (C=O) groups is 1. The number of hydrogen-bond donors (Lipinski definition) is 2. The first-order valence-electron chi connectivity index (χ1n) is 9.15. The third kappa shape index (κ3) is 4.27. The Balaban J connectivity index is 1.46. The van der Waals surface area contributed by atoms with E-state index < -0.39 is 0 Å². The molecule has 0 aliphatic heterocycles. The third-order valence-corrected chi connectivity index (χ3v) is 5.56. The Bertz CT molecular complexity index is 1260. The van der Waals surface area contributed by atoms with Gasteiger partial charge in [0.1, 0.15) is 5.01 Å². The van der Waals surface area contributed by atoms with E-state index in [-0.39, 0.29) is 11.0 Å². The lowest BCUT2D eigenvalue weighted by atomic mass is 10.1. The molecule has 0 saturated carbocycles. The Hall–Kier alpha value is -3.43. The highest BCUT2D eigenvalue weighted by atomic mass is 32.1. The second-order valence-corrected chi connectivity index (χ2v) is 7.88. The number of aromatic nitrogens is 4. The molecule has 7 nitrogen and oxygen atoms in total. The monoisotopic (exact) mass is 434 g/mol. The zero-order valence-corrected chi connectivity index (χ0v) is 17.9. The van der Waals surface area contributed by atoms with Gasteiger partial charge >= 0.3 is 0 Å². The zero-order chi connectivity index (χ0) is 21.1. The molecule has 30 heavy (non-hydrogen) atoms. The molecule has 2 aromatic carbocycles. The molecule has 2 heterocycles. The lowest BCUT2D eigenvalue weighted by Gasteiger charge is -2.13. The third-order valence-electron chi connectivity index (χ3n) is 4.42. The highest BCUT2D eigenvalue weighted by Crippen LogP contribution is 2.31. The average molecular weight is 435 g/mol. The first-order chi connectivity index (χ1) is 14.5. The van der Waals surface area contributed by atoms with Gasteiger partial charge in [0.15, 0.2) is 10.9 Å². The molecule has 4 rings (SSSR count). The lowest BCUT2D eigenvalue weighted by molar-refractivity contribution is -0.115. The molecule has 0 bridgehead atoms. The van der Waals surface area contributed by atoms with Crippen molar-refractivity contribution in [1.82, 2.24) is 25.1 Å². The molecular weight excluding hydrogens is 416 g/mol. The van der Waals surface area contributed by atoms with E-state index >= 15 is 0 Å². The Morgan fingerprint density at radius 1 is 1.10 bits per heavy atom. The first-order valence-corrected chi connectivity index (χ1v) is 10.4. The fourth-order valence-corrected chi connectivity index (χ4v) is 4.05. The van der Waals surface area contributed by atoms with Crippen LogP contribution in [-0.4, -0.2) is 30.8 Å². The standard InChI is InChI=1S/C21H18N6OS2/c1-13-16(19-26-27-14(2)24-25-21(27)30-19)9-6-10-17(13)22-20(29)23-18(28)12-11-15-7-4-3-5-8-15/h3-12H,1-2H3,(H2,22,23,28,29)/b12-11+. The summed E-state index contributed by atoms with van der Waals surface area (Å²) in [5.74, 6) is 0.446. The zero-order valence-electron chi connectivity index (χ0n) is 16.3. The summed E-state index contributed by atoms with van der Waals surface area (Å²) in [6, 6.07) is 15.4. The minimum atomic E-state index is -0.297. The minimum absolute atomic E-state index is 0.229. The average Bonchev–Trinajstić information content (AvgIpc) is 3.31. The van der Waals surface area contributed by atoms with Crippen molar-refractivity contribution in [1.29, 1.82) is 0 Å². The summed E-state index contributed by atoms with van der Waals surface area (Å²) in [6.45, 7) is 3.84. The number of hydrogen-bond acceptors (Lipinski definition) is 6. The molecule has 0 aliphatic carbocycles. The number of fused-ring (bicyclic) bond motifs is 1. The smallest absolute Gasteiger partial charge is 0.250 e. The summed E-state index contributed by atoms with van der Waals surface area (Å²) in [6.07, 6.45) is 3.19. The molecule has 0 unspecified atom stereocenters. The van der Waals surface area contributed by atoms with Crippen LogP contribution in [0, 0.1) is 13.8 Å². The van der Waals surface area contributed by atoms with E-state index in [0.29, 0.717) is 0 Å². The predicted octanol–water partition coefficient (Wildman–Crippen LogP) is 4.00. The lowest BCUT2D eigenvalue weighted by Crippen LogP contribution is -2.33. The number of rotatable bonds is 4. The van der Waals surface area contributed by atoms with Crippen molar-refractivity contribution in [3.8, 4) is 10.6 Å². The number of nitrogens with one attached hydrogen (secondary N) is 2. The number of amides is 1. The molecular formula is C21H18N6OS2. The second kappa shape index (κ2) is 8.52. The Labute approximate surface area is 182 Å². The number of thiocarbonyl (C=S) groups is 1. The van der Waals surface area contributed by atoms with Gasteiger partial charge in [-0.25, -0.2) is 0 Å². The van der Waals surface area contributed by atoms with E-state index in [1.54, 1.807) is 10.6 Å². The van der Waals surface area contributed by atoms with Crippen molar-refractivity contribution in [2.75, 3.05) is 5.32 Å². The SMILES string of the molecule is Cc1c(NC(=S)NC(=O)/C=C/c2ccccc2)cccc1-c1nn2c(C)nnc2s1. The van der Waals surface area contributed by atoms with Gasteiger partial charge in [-0.3, -0.25) is 10.1 Å². The van der Waals surface area contributed by atoms with Crippen LogP contribution in [0.25, 0.3) is 21.6 Å². The number of nitrogens with zero attached hydrogens (tertiary/aromatic N) is 4. The minimum Gasteiger partial charge on any atom is -0.332 e. The Kier molecular flexibility index (Phi) is 5.64. The molecule has 150 valence electrons. The molecule has 1 amide bonds. The normalized spacial score (nSPS) is 11.1. The van der Waals surface area contributed by atoms with Crippen LogP contribution in [-0.2, 0) is 4.79 Å². The van der Waals surface area contributed by atoms with Crippen LogP contribution in [0.2, 0.25) is 0 Å². The maximum atomic E-state index is 12.1. The van der Waals surface area contributed by atoms with Crippen molar-refractivity contribution in [3.63, 3.8) is 0 Å². The van der Waals surface area contributed by atoms with Crippen molar-refractivity contribution in [2.45, 2.75) is 13.8 Å². The van der Waals surface area contributed by atoms with E-state index in [1.165, 1.54) is 17.4 Å². The molecule has 0 fully saturated rings. The first kappa shape index (κ1) is 19.9. The molecule has 2 aromatic heterocycles. The Morgan fingerprint density at radius 2 is 1.90 bits per heavy atom. The maximum absolute atomic E-state index is 12.1. The number of carbonyl (C=O) groups excluding carboxylic acids is 1. The molecule has 0 spiro atoms. The van der Waals surface area contributed by atoms with Crippen molar-refractivity contribution in [2.24, 2.45) is 0 Å². The van der Waals surface area contributed by atoms with Crippen LogP contribution in [0.3, 0.4) is 0 Å². The summed E-state index contributed by atoms with van der Waals surface area (Å²) < 4.78 is 1.73. The van der Waals surface area contributed by atoms with Crippen LogP contribution in [0.1, 0.15) is 17.0 Å². The highest BCUT2D eigenvalue weighted by molar-refractivity contribution is 7.80. The Morgan fingerprint density at radius 3 is 2.67 bits per heavy atom. The van der Waals surface area contributed by atoms with Crippen LogP contribution in [0.15, 0.2) is 54.6 Å². The molecule has 0 saturated heterocycles. The molecule has 9 heteroatoms. The van der Waals surface area contributed by atoms with Gasteiger partial charge < -0.3 is 5.32 Å². The number of aryl methyl sites for hydroxylation is 1. The van der Waals surface area contributed by atoms with Crippen LogP contribution < -0.4 is 10.6 Å². The van der Waals surface area contributed by atoms with E-state index in [0.717, 1.165) is 38.2 Å². The van der Waals surface area contributed by atoms with Crippen molar-refractivity contribution in [3.05, 3.63) is 71.6 Å². The fraction of sp³-hybridized carbons (Fsp3) is 0.0952. The van der Waals surface area contributed by atoms with Gasteiger partial charge in [-0.05, 0) is 49.3 Å². The van der Waals surface area contributed by atoms with E-state index in [4.69, 9.17) is 12.2 Å². The highest BCUT2D eigenvalue weighted by Gasteiger charge is 2.14.